The molecule has 11 heteroatoms. The van der Waals surface area contributed by atoms with Crippen LogP contribution < -0.4 is 10.2 Å². The van der Waals surface area contributed by atoms with E-state index in [1.165, 1.54) is 66.7 Å². The summed E-state index contributed by atoms with van der Waals surface area (Å²) in [5.41, 5.74) is 0.385. The number of aromatic hydroxyl groups is 1. The Morgan fingerprint density at radius 3 is 2.32 bits per heavy atom. The molecule has 2 N–H and O–H groups in total. The highest BCUT2D eigenvalue weighted by Gasteiger charge is 2.35. The molecule has 4 rings (SSSR count). The number of halogens is 2. The van der Waals surface area contributed by atoms with Gasteiger partial charge in [0.05, 0.1) is 0 Å². The molecule has 0 unspecified atom stereocenters. The van der Waals surface area contributed by atoms with E-state index in [0.717, 1.165) is 15.8 Å². The minimum Gasteiger partial charge on any atom is -0.508 e. The first-order valence-corrected chi connectivity index (χ1v) is 11.7. The number of rotatable bonds is 7. The zero-order valence-electron chi connectivity index (χ0n) is 21.0. The van der Waals surface area contributed by atoms with E-state index in [9.17, 15) is 23.5 Å². The molecule has 1 aromatic heterocycles. The lowest BCUT2D eigenvalue weighted by molar-refractivity contribution is -0.128. The van der Waals surface area contributed by atoms with Gasteiger partial charge in [-0.05, 0) is 86.1 Å². The van der Waals surface area contributed by atoms with Crippen molar-refractivity contribution in [2.75, 3.05) is 4.90 Å². The van der Waals surface area contributed by atoms with Gasteiger partial charge in [-0.3, -0.25) is 14.5 Å². The Labute approximate surface area is 217 Å². The van der Waals surface area contributed by atoms with Crippen molar-refractivity contribution >= 4 is 17.5 Å². The topological polar surface area (TPSA) is 113 Å². The Morgan fingerprint density at radius 2 is 1.68 bits per heavy atom. The molecule has 9 nitrogen and oxygen atoms in total. The average Bonchev–Trinajstić information content (AvgIpc) is 3.30. The van der Waals surface area contributed by atoms with Crippen LogP contribution in [-0.2, 0) is 16.1 Å². The molecule has 4 aromatic rings. The SMILES string of the molecule is CC(C)(C)NC(=O)[C@H](c1ccc(O)cc1)N(C(=O)Cn1nnc(-c2ccc(F)cc2)n1)c1cccc(F)c1. The van der Waals surface area contributed by atoms with Crippen LogP contribution in [0.1, 0.15) is 32.4 Å². The highest BCUT2D eigenvalue weighted by Crippen LogP contribution is 2.30. The van der Waals surface area contributed by atoms with E-state index in [2.05, 4.69) is 20.7 Å². The van der Waals surface area contributed by atoms with Gasteiger partial charge < -0.3 is 10.4 Å². The molecule has 0 saturated heterocycles. The predicted octanol–water partition coefficient (Wildman–Crippen LogP) is 4.01. The lowest BCUT2D eigenvalue weighted by atomic mass is 10.0. The van der Waals surface area contributed by atoms with E-state index in [0.29, 0.717) is 11.1 Å². The summed E-state index contributed by atoms with van der Waals surface area (Å²) in [5, 5.41) is 24.7. The van der Waals surface area contributed by atoms with E-state index in [4.69, 9.17) is 0 Å². The number of carbonyl (C=O) groups excluding carboxylic acids is 2. The molecule has 0 aliphatic carbocycles. The van der Waals surface area contributed by atoms with E-state index in [1.807, 2.05) is 0 Å². The zero-order valence-corrected chi connectivity index (χ0v) is 21.0. The van der Waals surface area contributed by atoms with Crippen LogP contribution in [0.25, 0.3) is 11.4 Å². The van der Waals surface area contributed by atoms with Gasteiger partial charge in [-0.25, -0.2) is 8.78 Å². The Morgan fingerprint density at radius 1 is 1.00 bits per heavy atom. The van der Waals surface area contributed by atoms with Crippen LogP contribution in [0.4, 0.5) is 14.5 Å². The fraction of sp³-hybridized carbons (Fsp3) is 0.222. The lowest BCUT2D eigenvalue weighted by Gasteiger charge is -2.33. The number of anilines is 1. The highest BCUT2D eigenvalue weighted by molar-refractivity contribution is 6.01. The fourth-order valence-corrected chi connectivity index (χ4v) is 3.80. The monoisotopic (exact) mass is 520 g/mol. The summed E-state index contributed by atoms with van der Waals surface area (Å²) in [6.07, 6.45) is 0. The summed E-state index contributed by atoms with van der Waals surface area (Å²) in [5.74, 6) is -2.00. The number of nitrogens with one attached hydrogen (secondary N) is 1. The van der Waals surface area contributed by atoms with Crippen molar-refractivity contribution in [3.05, 3.63) is 90.0 Å². The van der Waals surface area contributed by atoms with E-state index in [-0.39, 0.29) is 17.3 Å². The molecule has 196 valence electrons. The molecular weight excluding hydrogens is 494 g/mol. The molecule has 1 heterocycles. The van der Waals surface area contributed by atoms with Crippen LogP contribution in [0, 0.1) is 11.6 Å². The Balaban J connectivity index is 1.74. The second-order valence-electron chi connectivity index (χ2n) is 9.63. The molecule has 0 radical (unpaired) electrons. The number of phenols is 1. The van der Waals surface area contributed by atoms with Crippen LogP contribution in [0.5, 0.6) is 5.75 Å². The van der Waals surface area contributed by atoms with Crippen molar-refractivity contribution in [2.24, 2.45) is 0 Å². The molecule has 1 atom stereocenters. The van der Waals surface area contributed by atoms with Crippen molar-refractivity contribution in [3.63, 3.8) is 0 Å². The summed E-state index contributed by atoms with van der Waals surface area (Å²) in [6, 6.07) is 15.4. The largest absolute Gasteiger partial charge is 0.508 e. The van der Waals surface area contributed by atoms with E-state index < -0.39 is 41.6 Å². The third kappa shape index (κ3) is 6.36. The van der Waals surface area contributed by atoms with Crippen LogP contribution in [0.2, 0.25) is 0 Å². The quantitative estimate of drug-likeness (QED) is 0.381. The molecule has 0 bridgehead atoms. The van der Waals surface area contributed by atoms with Crippen LogP contribution in [0.3, 0.4) is 0 Å². The van der Waals surface area contributed by atoms with Gasteiger partial charge in [0.25, 0.3) is 5.91 Å². The number of nitrogens with zero attached hydrogens (tertiary/aromatic N) is 5. The van der Waals surface area contributed by atoms with Gasteiger partial charge in [0.2, 0.25) is 11.7 Å². The second-order valence-corrected chi connectivity index (χ2v) is 9.63. The maximum absolute atomic E-state index is 14.3. The Bertz CT molecular complexity index is 1430. The zero-order chi connectivity index (χ0) is 27.4. The smallest absolute Gasteiger partial charge is 0.251 e. The molecule has 0 fully saturated rings. The van der Waals surface area contributed by atoms with Crippen LogP contribution in [0.15, 0.2) is 72.8 Å². The van der Waals surface area contributed by atoms with Crippen LogP contribution >= 0.6 is 0 Å². The molecule has 38 heavy (non-hydrogen) atoms. The number of phenolic OH excluding ortho intramolecular Hbond substituents is 1. The predicted molar refractivity (Wildman–Crippen MR) is 136 cm³/mol. The number of carbonyl (C=O) groups is 2. The van der Waals surface area contributed by atoms with Gasteiger partial charge in [0.1, 0.15) is 30.0 Å². The molecule has 0 aliphatic rings. The number of amides is 2. The van der Waals surface area contributed by atoms with Crippen molar-refractivity contribution in [1.29, 1.82) is 0 Å². The van der Waals surface area contributed by atoms with Crippen molar-refractivity contribution < 1.29 is 23.5 Å². The molecule has 0 aliphatic heterocycles. The number of tetrazole rings is 1. The maximum atomic E-state index is 14.3. The van der Waals surface area contributed by atoms with Crippen molar-refractivity contribution in [3.8, 4) is 17.1 Å². The third-order valence-electron chi connectivity index (χ3n) is 5.40. The first-order chi connectivity index (χ1) is 18.0. The second kappa shape index (κ2) is 10.8. The fourth-order valence-electron chi connectivity index (χ4n) is 3.80. The van der Waals surface area contributed by atoms with Gasteiger partial charge in [-0.2, -0.15) is 4.80 Å². The van der Waals surface area contributed by atoms with E-state index >= 15 is 0 Å². The third-order valence-corrected chi connectivity index (χ3v) is 5.40. The van der Waals surface area contributed by atoms with Crippen molar-refractivity contribution in [1.82, 2.24) is 25.5 Å². The normalized spacial score (nSPS) is 12.1. The van der Waals surface area contributed by atoms with Gasteiger partial charge in [-0.15, -0.1) is 10.2 Å². The van der Waals surface area contributed by atoms with Gasteiger partial charge in [0, 0.05) is 16.8 Å². The molecule has 0 saturated carbocycles. The van der Waals surface area contributed by atoms with E-state index in [1.54, 1.807) is 20.8 Å². The van der Waals surface area contributed by atoms with Gasteiger partial charge in [-0.1, -0.05) is 18.2 Å². The van der Waals surface area contributed by atoms with Crippen LogP contribution in [-0.4, -0.2) is 42.7 Å². The summed E-state index contributed by atoms with van der Waals surface area (Å²) < 4.78 is 27.6. The average molecular weight is 521 g/mol. The maximum Gasteiger partial charge on any atom is 0.251 e. The minimum absolute atomic E-state index is 0.0208. The first-order valence-electron chi connectivity index (χ1n) is 11.7. The van der Waals surface area contributed by atoms with Gasteiger partial charge in [0.15, 0.2) is 0 Å². The first kappa shape index (κ1) is 26.4. The number of hydrogen-bond donors (Lipinski definition) is 2. The van der Waals surface area contributed by atoms with Gasteiger partial charge >= 0.3 is 0 Å². The molecular formula is C27H26F2N6O3. The summed E-state index contributed by atoms with van der Waals surface area (Å²) in [4.78, 5) is 29.5. The summed E-state index contributed by atoms with van der Waals surface area (Å²) in [7, 11) is 0. The van der Waals surface area contributed by atoms with Crippen molar-refractivity contribution in [2.45, 2.75) is 38.9 Å². The summed E-state index contributed by atoms with van der Waals surface area (Å²) in [6.45, 7) is 4.96. The number of hydrogen-bond acceptors (Lipinski definition) is 6. The Hall–Kier alpha value is -4.67. The number of benzene rings is 3. The highest BCUT2D eigenvalue weighted by atomic mass is 19.1. The minimum atomic E-state index is -1.22. The standard InChI is InChI=1S/C27H26F2N6O3/c1-27(2,3)30-26(38)24(17-9-13-22(36)14-10-17)35(21-6-4-5-20(29)15-21)23(37)16-34-32-25(31-33-34)18-7-11-19(28)12-8-18/h4-15,24,36H,16H2,1-3H3,(H,30,38)/t24-/m0/s1. The molecule has 0 spiro atoms. The molecule has 3 aromatic carbocycles. The lowest BCUT2D eigenvalue weighted by Crippen LogP contribution is -2.50. The number of aromatic nitrogens is 4. The summed E-state index contributed by atoms with van der Waals surface area (Å²) >= 11 is 0. The Kier molecular flexibility index (Phi) is 7.47. The molecule has 2 amide bonds.